The van der Waals surface area contributed by atoms with Crippen molar-refractivity contribution in [2.24, 2.45) is 0 Å². The van der Waals surface area contributed by atoms with Crippen molar-refractivity contribution in [3.05, 3.63) is 100 Å². The maximum absolute atomic E-state index is 13.2. The van der Waals surface area contributed by atoms with E-state index < -0.39 is 17.7 Å². The fourth-order valence-corrected chi connectivity index (χ4v) is 4.23. The van der Waals surface area contributed by atoms with Crippen LogP contribution in [0.1, 0.15) is 29.7 Å². The Morgan fingerprint density at radius 2 is 1.76 bits per heavy atom. The quantitative estimate of drug-likeness (QED) is 0.281. The normalized spacial score (nSPS) is 17.1. The van der Waals surface area contributed by atoms with Gasteiger partial charge in [0.05, 0.1) is 31.9 Å². The van der Waals surface area contributed by atoms with Gasteiger partial charge in [-0.1, -0.05) is 54.1 Å². The number of Topliss-reactive ketones (excluding diaryl/α,β-unsaturated/α-hetero) is 1. The van der Waals surface area contributed by atoms with Crippen LogP contribution in [0.3, 0.4) is 0 Å². The average molecular weight is 478 g/mol. The van der Waals surface area contributed by atoms with Gasteiger partial charge < -0.3 is 19.5 Å². The van der Waals surface area contributed by atoms with Gasteiger partial charge in [-0.25, -0.2) is 0 Å². The van der Waals surface area contributed by atoms with E-state index in [0.717, 1.165) is 5.56 Å². The van der Waals surface area contributed by atoms with Gasteiger partial charge in [0.15, 0.2) is 0 Å². The third-order valence-electron chi connectivity index (χ3n) is 5.68. The van der Waals surface area contributed by atoms with Crippen molar-refractivity contribution < 1.29 is 24.2 Å². The number of rotatable bonds is 7. The second-order valence-electron chi connectivity index (χ2n) is 7.75. The molecule has 1 aliphatic rings. The molecule has 1 saturated heterocycles. The van der Waals surface area contributed by atoms with Crippen molar-refractivity contribution in [1.29, 1.82) is 0 Å². The highest BCUT2D eigenvalue weighted by Gasteiger charge is 2.46. The van der Waals surface area contributed by atoms with E-state index in [2.05, 4.69) is 0 Å². The molecular formula is C27H24ClNO5. The number of carbonyl (C=O) groups excluding carboxylic acids is 2. The number of benzene rings is 3. The zero-order chi connectivity index (χ0) is 24.2. The van der Waals surface area contributed by atoms with Crippen LogP contribution in [-0.4, -0.2) is 35.4 Å². The third-order valence-corrected chi connectivity index (χ3v) is 5.93. The molecule has 0 radical (unpaired) electrons. The molecule has 174 valence electrons. The molecule has 3 aromatic rings. The van der Waals surface area contributed by atoms with E-state index in [1.807, 2.05) is 25.1 Å². The number of ether oxygens (including phenoxy) is 2. The molecule has 1 heterocycles. The molecule has 1 unspecified atom stereocenters. The molecule has 0 spiro atoms. The van der Waals surface area contributed by atoms with Gasteiger partial charge in [0, 0.05) is 16.1 Å². The van der Waals surface area contributed by atoms with E-state index in [-0.39, 0.29) is 17.9 Å². The molecule has 1 aliphatic heterocycles. The zero-order valence-corrected chi connectivity index (χ0v) is 19.6. The number of methoxy groups -OCH3 is 1. The number of aliphatic hydroxyl groups is 1. The Bertz CT molecular complexity index is 1250. The SMILES string of the molecule is CCOc1cccc(/C(O)=C2/C(=O)C(=O)N(Cc3ccccc3OC)C2c2ccc(Cl)cc2)c1. The maximum Gasteiger partial charge on any atom is 0.295 e. The molecule has 7 heteroatoms. The molecule has 6 nitrogen and oxygen atoms in total. The minimum absolute atomic E-state index is 0.0101. The summed E-state index contributed by atoms with van der Waals surface area (Å²) in [6, 6.07) is 20.2. The first-order chi connectivity index (χ1) is 16.4. The van der Waals surface area contributed by atoms with Gasteiger partial charge in [0.1, 0.15) is 17.3 Å². The topological polar surface area (TPSA) is 76.1 Å². The maximum atomic E-state index is 13.2. The summed E-state index contributed by atoms with van der Waals surface area (Å²) in [7, 11) is 1.55. The number of likely N-dealkylation sites (tertiary alicyclic amines) is 1. The number of carbonyl (C=O) groups is 2. The van der Waals surface area contributed by atoms with Crippen LogP contribution >= 0.6 is 11.6 Å². The van der Waals surface area contributed by atoms with Crippen LogP contribution in [0.2, 0.25) is 5.02 Å². The first-order valence-electron chi connectivity index (χ1n) is 10.8. The lowest BCUT2D eigenvalue weighted by molar-refractivity contribution is -0.140. The predicted molar refractivity (Wildman–Crippen MR) is 130 cm³/mol. The van der Waals surface area contributed by atoms with Gasteiger partial charge >= 0.3 is 0 Å². The van der Waals surface area contributed by atoms with E-state index >= 15 is 0 Å². The fraction of sp³-hybridized carbons (Fsp3) is 0.185. The van der Waals surface area contributed by atoms with Crippen LogP contribution in [0.5, 0.6) is 11.5 Å². The minimum Gasteiger partial charge on any atom is -0.507 e. The van der Waals surface area contributed by atoms with Crippen molar-refractivity contribution in [2.45, 2.75) is 19.5 Å². The van der Waals surface area contributed by atoms with E-state index in [1.165, 1.54) is 4.90 Å². The highest BCUT2D eigenvalue weighted by atomic mass is 35.5. The Balaban J connectivity index is 1.85. The number of nitrogens with zero attached hydrogens (tertiary/aromatic N) is 1. The molecule has 1 N–H and O–H groups in total. The summed E-state index contributed by atoms with van der Waals surface area (Å²) in [6.45, 7) is 2.44. The molecule has 3 aromatic carbocycles. The van der Waals surface area contributed by atoms with Gasteiger partial charge in [-0.05, 0) is 42.8 Å². The van der Waals surface area contributed by atoms with E-state index in [9.17, 15) is 14.7 Å². The number of ketones is 1. The van der Waals surface area contributed by atoms with Gasteiger partial charge in [0.25, 0.3) is 11.7 Å². The number of amides is 1. The highest BCUT2D eigenvalue weighted by Crippen LogP contribution is 2.41. The number of aliphatic hydroxyl groups excluding tert-OH is 1. The second-order valence-corrected chi connectivity index (χ2v) is 8.19. The minimum atomic E-state index is -0.807. The molecule has 0 bridgehead atoms. The Morgan fingerprint density at radius 1 is 1.03 bits per heavy atom. The van der Waals surface area contributed by atoms with Crippen molar-refractivity contribution in [3.8, 4) is 11.5 Å². The molecule has 0 saturated carbocycles. The van der Waals surface area contributed by atoms with Crippen LogP contribution in [0.25, 0.3) is 5.76 Å². The molecule has 0 aliphatic carbocycles. The van der Waals surface area contributed by atoms with Crippen molar-refractivity contribution in [3.63, 3.8) is 0 Å². The molecule has 1 amide bonds. The second kappa shape index (κ2) is 10.0. The van der Waals surface area contributed by atoms with Crippen molar-refractivity contribution >= 4 is 29.1 Å². The lowest BCUT2D eigenvalue weighted by Crippen LogP contribution is -2.29. The lowest BCUT2D eigenvalue weighted by Gasteiger charge is -2.26. The van der Waals surface area contributed by atoms with Crippen LogP contribution in [0, 0.1) is 0 Å². The lowest BCUT2D eigenvalue weighted by atomic mass is 9.95. The van der Waals surface area contributed by atoms with Gasteiger partial charge in [-0.15, -0.1) is 0 Å². The number of hydrogen-bond acceptors (Lipinski definition) is 5. The fourth-order valence-electron chi connectivity index (χ4n) is 4.11. The van der Waals surface area contributed by atoms with Gasteiger partial charge in [0.2, 0.25) is 0 Å². The molecular weight excluding hydrogens is 454 g/mol. The number of para-hydroxylation sites is 1. The van der Waals surface area contributed by atoms with Gasteiger partial charge in [-0.3, -0.25) is 9.59 Å². The third kappa shape index (κ3) is 4.50. The van der Waals surface area contributed by atoms with Crippen LogP contribution < -0.4 is 9.47 Å². The van der Waals surface area contributed by atoms with E-state index in [4.69, 9.17) is 21.1 Å². The standard InChI is InChI=1S/C27H24ClNO5/c1-3-34-21-9-6-8-18(15-21)25(30)23-24(17-11-13-20(28)14-12-17)29(27(32)26(23)31)16-19-7-4-5-10-22(19)33-2/h4-15,24,30H,3,16H2,1-2H3/b25-23-. The van der Waals surface area contributed by atoms with Crippen LogP contribution in [-0.2, 0) is 16.1 Å². The summed E-state index contributed by atoms with van der Waals surface area (Å²) in [5, 5.41) is 11.8. The molecule has 1 fully saturated rings. The summed E-state index contributed by atoms with van der Waals surface area (Å²) in [5.41, 5.74) is 1.79. The largest absolute Gasteiger partial charge is 0.507 e. The average Bonchev–Trinajstić information content (AvgIpc) is 3.10. The first kappa shape index (κ1) is 23.4. The summed E-state index contributed by atoms with van der Waals surface area (Å²) < 4.78 is 11.0. The van der Waals surface area contributed by atoms with Crippen molar-refractivity contribution in [1.82, 2.24) is 4.90 Å². The Hall–Kier alpha value is -3.77. The summed E-state index contributed by atoms with van der Waals surface area (Å²) in [6.07, 6.45) is 0. The smallest absolute Gasteiger partial charge is 0.295 e. The first-order valence-corrected chi connectivity index (χ1v) is 11.2. The van der Waals surface area contributed by atoms with Crippen LogP contribution in [0.15, 0.2) is 78.4 Å². The summed E-state index contributed by atoms with van der Waals surface area (Å²) in [5.74, 6) is -0.563. The number of halogens is 1. The summed E-state index contributed by atoms with van der Waals surface area (Å²) >= 11 is 6.08. The van der Waals surface area contributed by atoms with E-state index in [0.29, 0.717) is 34.3 Å². The molecule has 0 aromatic heterocycles. The number of hydrogen-bond donors (Lipinski definition) is 1. The Kier molecular flexibility index (Phi) is 6.89. The van der Waals surface area contributed by atoms with Crippen LogP contribution in [0.4, 0.5) is 0 Å². The van der Waals surface area contributed by atoms with E-state index in [1.54, 1.807) is 61.7 Å². The summed E-state index contributed by atoms with van der Waals surface area (Å²) in [4.78, 5) is 27.9. The van der Waals surface area contributed by atoms with Crippen molar-refractivity contribution in [2.75, 3.05) is 13.7 Å². The Labute approximate surface area is 203 Å². The highest BCUT2D eigenvalue weighted by molar-refractivity contribution is 6.46. The monoisotopic (exact) mass is 477 g/mol. The zero-order valence-electron chi connectivity index (χ0n) is 18.8. The Morgan fingerprint density at radius 3 is 2.47 bits per heavy atom. The van der Waals surface area contributed by atoms with Gasteiger partial charge in [-0.2, -0.15) is 0 Å². The molecule has 4 rings (SSSR count). The molecule has 34 heavy (non-hydrogen) atoms. The predicted octanol–water partition coefficient (Wildman–Crippen LogP) is 5.37. The molecule has 1 atom stereocenters.